The lowest BCUT2D eigenvalue weighted by Gasteiger charge is -2.27. The minimum atomic E-state index is -1.11. The Bertz CT molecular complexity index is 1480. The fourth-order valence-corrected chi connectivity index (χ4v) is 4.25. The van der Waals surface area contributed by atoms with Crippen LogP contribution in [0.2, 0.25) is 0 Å². The molecule has 3 aromatic rings. The number of rotatable bonds is 16. The van der Waals surface area contributed by atoms with Gasteiger partial charge in [-0.25, -0.2) is 4.79 Å². The van der Waals surface area contributed by atoms with Crippen LogP contribution in [-0.4, -0.2) is 77.4 Å². The number of anilines is 3. The van der Waals surface area contributed by atoms with Gasteiger partial charge in [0, 0.05) is 30.2 Å². The molecule has 0 heterocycles. The normalized spacial score (nSPS) is 10.2. The maximum Gasteiger partial charge on any atom is 0.323 e. The number of ether oxygens (including phenoxy) is 1. The highest BCUT2D eigenvalue weighted by Gasteiger charge is 2.24. The number of nitrogens with one attached hydrogen (secondary N) is 3. The van der Waals surface area contributed by atoms with E-state index < -0.39 is 36.3 Å². The highest BCUT2D eigenvalue weighted by molar-refractivity contribution is 6.00. The summed E-state index contributed by atoms with van der Waals surface area (Å²) in [5.74, 6) is -1.90. The topological polar surface area (TPSA) is 157 Å². The van der Waals surface area contributed by atoms with E-state index in [0.29, 0.717) is 29.2 Å². The average molecular weight is 662 g/mol. The predicted octanol–water partition coefficient (Wildman–Crippen LogP) is 5.86. The van der Waals surface area contributed by atoms with Crippen LogP contribution in [0.1, 0.15) is 46.1 Å². The zero-order valence-corrected chi connectivity index (χ0v) is 28.3. The molecule has 0 aromatic heterocycles. The summed E-state index contributed by atoms with van der Waals surface area (Å²) in [7, 11) is 0. The molecule has 48 heavy (non-hydrogen) atoms. The molecule has 0 spiro atoms. The molecule has 0 radical (unpaired) electrons. The number of nitrogens with zero attached hydrogens (tertiary/aromatic N) is 2. The molecule has 0 fully saturated rings. The van der Waals surface area contributed by atoms with Crippen molar-refractivity contribution in [3.8, 4) is 5.75 Å². The Balaban J connectivity index is 0.00000392. The van der Waals surface area contributed by atoms with Crippen LogP contribution < -0.4 is 20.7 Å². The Labute approximate surface area is 282 Å². The summed E-state index contributed by atoms with van der Waals surface area (Å²) in [5, 5.41) is 17.5. The molecule has 0 saturated heterocycles. The van der Waals surface area contributed by atoms with Gasteiger partial charge in [-0.3, -0.25) is 19.2 Å². The first-order chi connectivity index (χ1) is 23.0. The summed E-state index contributed by atoms with van der Waals surface area (Å²) < 4.78 is 5.51. The molecule has 3 aromatic carbocycles. The van der Waals surface area contributed by atoms with Gasteiger partial charge in [0.15, 0.2) is 6.61 Å². The van der Waals surface area contributed by atoms with Crippen LogP contribution in [0.5, 0.6) is 5.75 Å². The summed E-state index contributed by atoms with van der Waals surface area (Å²) in [6.45, 7) is 8.90. The molecule has 4 N–H and O–H groups in total. The van der Waals surface area contributed by atoms with Crippen LogP contribution in [0.25, 0.3) is 0 Å². The molecule has 0 aliphatic rings. The number of hydrogen-bond acceptors (Lipinski definition) is 6. The van der Waals surface area contributed by atoms with Gasteiger partial charge in [0.05, 0.1) is 19.5 Å². The van der Waals surface area contributed by atoms with Crippen molar-refractivity contribution in [2.45, 2.75) is 47.5 Å². The van der Waals surface area contributed by atoms with E-state index in [2.05, 4.69) is 16.0 Å². The summed E-state index contributed by atoms with van der Waals surface area (Å²) in [5.41, 5.74) is 2.59. The van der Waals surface area contributed by atoms with Crippen molar-refractivity contribution in [2.75, 3.05) is 48.7 Å². The van der Waals surface area contributed by atoms with Crippen molar-refractivity contribution in [3.05, 3.63) is 84.4 Å². The molecular formula is C36H47N5O7. The Morgan fingerprint density at radius 3 is 1.92 bits per heavy atom. The lowest BCUT2D eigenvalue weighted by Crippen LogP contribution is -2.47. The molecular weight excluding hydrogens is 614 g/mol. The van der Waals surface area contributed by atoms with Crippen molar-refractivity contribution in [3.63, 3.8) is 0 Å². The van der Waals surface area contributed by atoms with E-state index >= 15 is 0 Å². The van der Waals surface area contributed by atoms with Gasteiger partial charge < -0.3 is 35.6 Å². The van der Waals surface area contributed by atoms with E-state index in [-0.39, 0.29) is 38.6 Å². The molecule has 0 aliphatic heterocycles. The van der Waals surface area contributed by atoms with Gasteiger partial charge in [0.2, 0.25) is 11.8 Å². The fourth-order valence-electron chi connectivity index (χ4n) is 4.25. The number of urea groups is 1. The molecule has 258 valence electrons. The molecule has 0 saturated carbocycles. The van der Waals surface area contributed by atoms with Gasteiger partial charge in [-0.15, -0.1) is 0 Å². The number of carboxylic acids is 1. The van der Waals surface area contributed by atoms with Crippen LogP contribution in [0.4, 0.5) is 21.9 Å². The maximum atomic E-state index is 13.4. The Morgan fingerprint density at radius 2 is 1.31 bits per heavy atom. The second-order valence-corrected chi connectivity index (χ2v) is 11.1. The summed E-state index contributed by atoms with van der Waals surface area (Å²) in [6, 6.07) is 22.2. The average Bonchev–Trinajstić information content (AvgIpc) is 3.07. The lowest BCUT2D eigenvalue weighted by molar-refractivity contribution is -0.144. The van der Waals surface area contributed by atoms with Gasteiger partial charge in [-0.05, 0) is 67.3 Å². The van der Waals surface area contributed by atoms with Crippen molar-refractivity contribution >= 4 is 46.8 Å². The molecule has 0 atom stereocenters. The number of carbonyl (C=O) groups excluding carboxylic acids is 4. The molecule has 5 amide bonds. The third-order valence-corrected chi connectivity index (χ3v) is 6.86. The van der Waals surface area contributed by atoms with E-state index in [0.717, 1.165) is 10.5 Å². The first kappa shape index (κ1) is 38.8. The van der Waals surface area contributed by atoms with Crippen LogP contribution in [0.15, 0.2) is 78.9 Å². The lowest BCUT2D eigenvalue weighted by atomic mass is 10.1. The van der Waals surface area contributed by atoms with Crippen LogP contribution in [-0.2, 0) is 19.2 Å². The van der Waals surface area contributed by atoms with Crippen molar-refractivity contribution in [1.82, 2.24) is 9.80 Å². The summed E-state index contributed by atoms with van der Waals surface area (Å²) in [6.07, 6.45) is 0.263. The number of carboxylic acid groups (broad SMARTS) is 1. The van der Waals surface area contributed by atoms with Gasteiger partial charge in [-0.2, -0.15) is 0 Å². The largest absolute Gasteiger partial charge is 0.484 e. The summed E-state index contributed by atoms with van der Waals surface area (Å²) >= 11 is 0. The Kier molecular flexibility index (Phi) is 16.7. The monoisotopic (exact) mass is 661 g/mol. The number of benzene rings is 3. The molecule has 0 bridgehead atoms. The maximum absolute atomic E-state index is 13.4. The molecule has 12 nitrogen and oxygen atoms in total. The molecule has 0 unspecified atom stereocenters. The zero-order valence-electron chi connectivity index (χ0n) is 28.3. The SMILES string of the molecule is CC.Cc1ccccc1NC(=O)Nc1ccc(NC(=O)CN(CCC(C)C)C(=O)CN(CCC(=O)O)C(=O)COc2ccccc2)cc1. The van der Waals surface area contributed by atoms with E-state index in [1.54, 1.807) is 60.7 Å². The standard InChI is InChI=1S/C34H41N5O7.C2H6/c1-24(2)17-19-38(31(41)22-39(20-18-33(43)44)32(42)23-46-28-10-5-4-6-11-28)21-30(40)35-26-13-15-27(16-14-26)36-34(45)37-29-12-8-7-9-25(29)3;1-2/h4-16,24H,17-23H2,1-3H3,(H,35,40)(H,43,44)(H2,36,37,45);1-2H3. The number of aliphatic carboxylic acids is 1. The van der Waals surface area contributed by atoms with Gasteiger partial charge >= 0.3 is 12.0 Å². The number of para-hydroxylation sites is 2. The number of carbonyl (C=O) groups is 5. The van der Waals surface area contributed by atoms with E-state index in [1.807, 2.05) is 52.8 Å². The van der Waals surface area contributed by atoms with Gasteiger partial charge in [-0.1, -0.05) is 64.1 Å². The van der Waals surface area contributed by atoms with Gasteiger partial charge in [0.25, 0.3) is 5.91 Å². The van der Waals surface area contributed by atoms with Gasteiger partial charge in [0.1, 0.15) is 5.75 Å². The van der Waals surface area contributed by atoms with Crippen molar-refractivity contribution in [1.29, 1.82) is 0 Å². The molecule has 3 rings (SSSR count). The van der Waals surface area contributed by atoms with E-state index in [9.17, 15) is 29.1 Å². The highest BCUT2D eigenvalue weighted by atomic mass is 16.5. The summed E-state index contributed by atoms with van der Waals surface area (Å²) in [4.78, 5) is 65.5. The highest BCUT2D eigenvalue weighted by Crippen LogP contribution is 2.17. The minimum Gasteiger partial charge on any atom is -0.484 e. The number of hydrogen-bond donors (Lipinski definition) is 4. The molecule has 0 aliphatic carbocycles. The third-order valence-electron chi connectivity index (χ3n) is 6.86. The Hall–Kier alpha value is -5.39. The minimum absolute atomic E-state index is 0.189. The number of amides is 5. The smallest absolute Gasteiger partial charge is 0.323 e. The van der Waals surface area contributed by atoms with E-state index in [1.165, 1.54) is 4.90 Å². The Morgan fingerprint density at radius 1 is 0.729 bits per heavy atom. The van der Waals surface area contributed by atoms with Crippen LogP contribution in [0, 0.1) is 12.8 Å². The zero-order chi connectivity index (χ0) is 35.5. The third kappa shape index (κ3) is 14.4. The second-order valence-electron chi connectivity index (χ2n) is 11.1. The van der Waals surface area contributed by atoms with Crippen molar-refractivity contribution < 1.29 is 33.8 Å². The molecule has 12 heteroatoms. The van der Waals surface area contributed by atoms with Crippen LogP contribution >= 0.6 is 0 Å². The van der Waals surface area contributed by atoms with E-state index in [4.69, 9.17) is 4.74 Å². The first-order valence-corrected chi connectivity index (χ1v) is 16.0. The first-order valence-electron chi connectivity index (χ1n) is 16.0. The second kappa shape index (κ2) is 20.7. The quantitative estimate of drug-likeness (QED) is 0.150. The fraction of sp³-hybridized carbons (Fsp3) is 0.361. The number of aryl methyl sites for hydroxylation is 1. The van der Waals surface area contributed by atoms with Crippen LogP contribution in [0.3, 0.4) is 0 Å². The van der Waals surface area contributed by atoms with Crippen molar-refractivity contribution in [2.24, 2.45) is 5.92 Å². The predicted molar refractivity (Wildman–Crippen MR) is 187 cm³/mol.